The smallest absolute Gasteiger partial charge is 0.249 e. The van der Waals surface area contributed by atoms with Crippen LogP contribution in [0.1, 0.15) is 30.9 Å². The lowest BCUT2D eigenvalue weighted by atomic mass is 10.2. The first-order valence-corrected chi connectivity index (χ1v) is 8.77. The van der Waals surface area contributed by atoms with E-state index >= 15 is 0 Å². The molecule has 3 rings (SSSR count). The van der Waals surface area contributed by atoms with Crippen LogP contribution in [0.3, 0.4) is 0 Å². The van der Waals surface area contributed by atoms with Crippen LogP contribution in [-0.2, 0) is 27.4 Å². The Morgan fingerprint density at radius 3 is 3.00 bits per heavy atom. The largest absolute Gasteiger partial charge is 0.376 e. The van der Waals surface area contributed by atoms with Gasteiger partial charge in [-0.15, -0.1) is 0 Å². The number of hydrogen-bond acceptors (Lipinski definition) is 4. The maximum atomic E-state index is 12.1. The molecule has 0 bridgehead atoms. The van der Waals surface area contributed by atoms with Crippen LogP contribution in [-0.4, -0.2) is 41.1 Å². The van der Waals surface area contributed by atoms with Crippen molar-refractivity contribution in [3.63, 3.8) is 0 Å². The fraction of sp³-hybridized carbons (Fsp3) is 0.474. The number of rotatable bonds is 8. The van der Waals surface area contributed by atoms with Crippen molar-refractivity contribution in [3.05, 3.63) is 53.9 Å². The number of aromatic nitrogens is 2. The van der Waals surface area contributed by atoms with Crippen molar-refractivity contribution in [1.82, 2.24) is 15.1 Å². The minimum Gasteiger partial charge on any atom is -0.376 e. The normalized spacial score (nSPS) is 18.2. The molecule has 1 aliphatic rings. The van der Waals surface area contributed by atoms with Crippen molar-refractivity contribution in [2.24, 2.45) is 0 Å². The van der Waals surface area contributed by atoms with Crippen LogP contribution < -0.4 is 5.32 Å². The summed E-state index contributed by atoms with van der Waals surface area (Å²) in [4.78, 5) is 12.1. The lowest BCUT2D eigenvalue weighted by molar-refractivity contribution is -0.133. The molecule has 0 unspecified atom stereocenters. The first-order chi connectivity index (χ1) is 12.2. The van der Waals surface area contributed by atoms with Gasteiger partial charge in [-0.2, -0.15) is 5.10 Å². The van der Waals surface area contributed by atoms with Crippen molar-refractivity contribution >= 4 is 5.91 Å². The molecule has 25 heavy (non-hydrogen) atoms. The highest BCUT2D eigenvalue weighted by Crippen LogP contribution is 2.12. The average molecular weight is 343 g/mol. The lowest BCUT2D eigenvalue weighted by Crippen LogP contribution is -2.35. The van der Waals surface area contributed by atoms with Crippen molar-refractivity contribution in [1.29, 1.82) is 0 Å². The number of benzene rings is 1. The van der Waals surface area contributed by atoms with Gasteiger partial charge in [0.1, 0.15) is 6.10 Å². The summed E-state index contributed by atoms with van der Waals surface area (Å²) in [7, 11) is 0. The molecular weight excluding hydrogens is 318 g/mol. The van der Waals surface area contributed by atoms with Crippen molar-refractivity contribution in [2.75, 3.05) is 13.2 Å². The highest BCUT2D eigenvalue weighted by molar-refractivity contribution is 5.80. The molecule has 6 nitrogen and oxygen atoms in total. The Kier molecular flexibility index (Phi) is 6.19. The molecule has 2 atom stereocenters. The molecule has 0 saturated carbocycles. The predicted octanol–water partition coefficient (Wildman–Crippen LogP) is 2.13. The van der Waals surface area contributed by atoms with Crippen LogP contribution in [0.25, 0.3) is 0 Å². The van der Waals surface area contributed by atoms with Gasteiger partial charge >= 0.3 is 0 Å². The Labute approximate surface area is 148 Å². The van der Waals surface area contributed by atoms with Crippen LogP contribution in [0.4, 0.5) is 0 Å². The van der Waals surface area contributed by atoms with Crippen molar-refractivity contribution in [3.8, 4) is 0 Å². The van der Waals surface area contributed by atoms with Gasteiger partial charge in [0.05, 0.1) is 25.5 Å². The van der Waals surface area contributed by atoms with E-state index in [-0.39, 0.29) is 12.0 Å². The Bertz CT molecular complexity index is 666. The summed E-state index contributed by atoms with van der Waals surface area (Å²) >= 11 is 0. The maximum absolute atomic E-state index is 12.1. The van der Waals surface area contributed by atoms with E-state index in [1.165, 1.54) is 5.56 Å². The minimum atomic E-state index is -0.483. The van der Waals surface area contributed by atoms with Gasteiger partial charge in [-0.3, -0.25) is 9.48 Å². The zero-order valence-corrected chi connectivity index (χ0v) is 14.6. The summed E-state index contributed by atoms with van der Waals surface area (Å²) in [5, 5.41) is 7.23. The molecule has 2 aromatic rings. The van der Waals surface area contributed by atoms with E-state index in [1.807, 2.05) is 29.1 Å². The highest BCUT2D eigenvalue weighted by atomic mass is 16.5. The second-order valence-corrected chi connectivity index (χ2v) is 6.36. The molecule has 1 saturated heterocycles. The first kappa shape index (κ1) is 17.6. The number of nitrogens with one attached hydrogen (secondary N) is 1. The quantitative estimate of drug-likeness (QED) is 0.797. The standard InChI is InChI=1S/C19H25N3O3/c1-15(25-14-18-8-5-9-24-18)19(23)20-10-17-11-21-22(13-17)12-16-6-3-2-4-7-16/h2-4,6-7,11,13,15,18H,5,8-10,12,14H2,1H3,(H,20,23)/t15-,18-/m0/s1. The summed E-state index contributed by atoms with van der Waals surface area (Å²) in [5.74, 6) is -0.117. The summed E-state index contributed by atoms with van der Waals surface area (Å²) in [6.45, 7) is 4.20. The maximum Gasteiger partial charge on any atom is 0.249 e. The lowest BCUT2D eigenvalue weighted by Gasteiger charge is -2.15. The van der Waals surface area contributed by atoms with E-state index in [4.69, 9.17) is 9.47 Å². The van der Waals surface area contributed by atoms with Gasteiger partial charge in [0.25, 0.3) is 0 Å². The molecule has 134 valence electrons. The number of hydrogen-bond donors (Lipinski definition) is 1. The van der Waals surface area contributed by atoms with E-state index in [1.54, 1.807) is 13.1 Å². The molecule has 1 aromatic carbocycles. The second-order valence-electron chi connectivity index (χ2n) is 6.36. The molecule has 0 spiro atoms. The molecule has 0 aliphatic carbocycles. The van der Waals surface area contributed by atoms with Gasteiger partial charge in [-0.25, -0.2) is 0 Å². The van der Waals surface area contributed by atoms with E-state index in [0.717, 1.165) is 31.6 Å². The number of amides is 1. The van der Waals surface area contributed by atoms with Gasteiger partial charge < -0.3 is 14.8 Å². The second kappa shape index (κ2) is 8.78. The summed E-state index contributed by atoms with van der Waals surface area (Å²) in [5.41, 5.74) is 2.16. The van der Waals surface area contributed by atoms with Gasteiger partial charge in [0.15, 0.2) is 0 Å². The molecule has 6 heteroatoms. The predicted molar refractivity (Wildman–Crippen MR) is 94.0 cm³/mol. The SMILES string of the molecule is C[C@H](OC[C@@H]1CCCO1)C(=O)NCc1cnn(Cc2ccccc2)c1. The average Bonchev–Trinajstić information content (AvgIpc) is 3.30. The minimum absolute atomic E-state index is 0.117. The Hall–Kier alpha value is -2.18. The van der Waals surface area contributed by atoms with Gasteiger partial charge in [-0.05, 0) is 25.3 Å². The van der Waals surface area contributed by atoms with Gasteiger partial charge in [0.2, 0.25) is 5.91 Å². The molecule has 1 N–H and O–H groups in total. The van der Waals surface area contributed by atoms with Crippen molar-refractivity contribution in [2.45, 2.75) is 45.1 Å². The van der Waals surface area contributed by atoms with E-state index in [2.05, 4.69) is 22.5 Å². The zero-order valence-electron chi connectivity index (χ0n) is 14.6. The van der Waals surface area contributed by atoms with Gasteiger partial charge in [-0.1, -0.05) is 30.3 Å². The monoisotopic (exact) mass is 343 g/mol. The van der Waals surface area contributed by atoms with Crippen LogP contribution in [0.5, 0.6) is 0 Å². The number of carbonyl (C=O) groups excluding carboxylic acids is 1. The highest BCUT2D eigenvalue weighted by Gasteiger charge is 2.19. The van der Waals surface area contributed by atoms with Crippen molar-refractivity contribution < 1.29 is 14.3 Å². The van der Waals surface area contributed by atoms with E-state index in [9.17, 15) is 4.79 Å². The topological polar surface area (TPSA) is 65.4 Å². The van der Waals surface area contributed by atoms with E-state index < -0.39 is 6.10 Å². The Morgan fingerprint density at radius 2 is 2.24 bits per heavy atom. The third-order valence-electron chi connectivity index (χ3n) is 4.27. The molecule has 1 aliphatic heterocycles. The van der Waals surface area contributed by atoms with Crippen LogP contribution in [0.2, 0.25) is 0 Å². The number of carbonyl (C=O) groups is 1. The summed E-state index contributed by atoms with van der Waals surface area (Å²) in [6, 6.07) is 10.2. The van der Waals surface area contributed by atoms with E-state index in [0.29, 0.717) is 13.2 Å². The number of ether oxygens (including phenoxy) is 2. The first-order valence-electron chi connectivity index (χ1n) is 8.77. The van der Waals surface area contributed by atoms with Crippen LogP contribution >= 0.6 is 0 Å². The molecule has 1 amide bonds. The molecule has 2 heterocycles. The molecule has 1 fully saturated rings. The zero-order chi connectivity index (χ0) is 17.5. The fourth-order valence-electron chi connectivity index (χ4n) is 2.79. The fourth-order valence-corrected chi connectivity index (χ4v) is 2.79. The third kappa shape index (κ3) is 5.41. The van der Waals surface area contributed by atoms with Crippen LogP contribution in [0, 0.1) is 0 Å². The van der Waals surface area contributed by atoms with Gasteiger partial charge in [0, 0.05) is 24.9 Å². The molecular formula is C19H25N3O3. The molecule has 0 radical (unpaired) electrons. The Morgan fingerprint density at radius 1 is 1.40 bits per heavy atom. The third-order valence-corrected chi connectivity index (χ3v) is 4.27. The Balaban J connectivity index is 1.41. The summed E-state index contributed by atoms with van der Waals surface area (Å²) in [6.07, 6.45) is 5.46. The summed E-state index contributed by atoms with van der Waals surface area (Å²) < 4.78 is 13.0. The molecule has 1 aromatic heterocycles. The van der Waals surface area contributed by atoms with Crippen LogP contribution in [0.15, 0.2) is 42.7 Å². The number of nitrogens with zero attached hydrogens (tertiary/aromatic N) is 2.